The van der Waals surface area contributed by atoms with Gasteiger partial charge < -0.3 is 33.2 Å². The Bertz CT molecular complexity index is 476. The van der Waals surface area contributed by atoms with Crippen LogP contribution in [0.1, 0.15) is 90.9 Å². The monoisotopic (exact) mass is 502 g/mol. The Morgan fingerprint density at radius 3 is 1.43 bits per heavy atom. The normalized spacial score (nSPS) is 28.8. The van der Waals surface area contributed by atoms with Crippen molar-refractivity contribution in [2.45, 2.75) is 114 Å². The van der Waals surface area contributed by atoms with E-state index in [-0.39, 0.29) is 12.2 Å². The van der Waals surface area contributed by atoms with Crippen molar-refractivity contribution in [3.8, 4) is 0 Å². The maximum atomic E-state index is 6.44. The minimum absolute atomic E-state index is 0.0986. The van der Waals surface area contributed by atoms with Crippen molar-refractivity contribution >= 4 is 0 Å². The number of unbranched alkanes of at least 4 members (excludes halogenated alkanes) is 6. The molecule has 2 heterocycles. The summed E-state index contributed by atoms with van der Waals surface area (Å²) in [7, 11) is 3.45. The molecular weight excluding hydrogens is 448 g/mol. The average Bonchev–Trinajstić information content (AvgIpc) is 3.44. The first-order valence-corrected chi connectivity index (χ1v) is 14.2. The van der Waals surface area contributed by atoms with E-state index in [1.54, 1.807) is 14.2 Å². The number of ether oxygens (including phenoxy) is 7. The first kappa shape index (κ1) is 30.9. The first-order chi connectivity index (χ1) is 17.1. The van der Waals surface area contributed by atoms with E-state index in [1.165, 1.54) is 38.5 Å². The third kappa shape index (κ3) is 11.8. The van der Waals surface area contributed by atoms with Gasteiger partial charge in [0, 0.05) is 27.4 Å². The van der Waals surface area contributed by atoms with E-state index in [9.17, 15) is 0 Å². The van der Waals surface area contributed by atoms with Crippen molar-refractivity contribution in [3.63, 3.8) is 0 Å². The van der Waals surface area contributed by atoms with E-state index in [2.05, 4.69) is 13.8 Å². The molecule has 2 aliphatic rings. The molecule has 208 valence electrons. The molecule has 0 spiro atoms. The van der Waals surface area contributed by atoms with Crippen molar-refractivity contribution in [2.24, 2.45) is 0 Å². The standard InChI is InChI=1S/C28H54O7/c1-5-7-9-11-17-31-21-27(15-13-25(34-27)19-29-3)23-33-24-28(16-14-26(35-28)20-30-4)22-32-18-12-10-8-6-2/h25-26H,5-24H2,1-4H3. The largest absolute Gasteiger partial charge is 0.382 e. The zero-order valence-electron chi connectivity index (χ0n) is 23.2. The van der Waals surface area contributed by atoms with Gasteiger partial charge in [-0.2, -0.15) is 0 Å². The summed E-state index contributed by atoms with van der Waals surface area (Å²) in [5, 5.41) is 0. The van der Waals surface area contributed by atoms with E-state index in [4.69, 9.17) is 33.2 Å². The summed E-state index contributed by atoms with van der Waals surface area (Å²) in [5.41, 5.74) is -0.832. The number of hydrogen-bond acceptors (Lipinski definition) is 7. The van der Waals surface area contributed by atoms with E-state index in [0.717, 1.165) is 51.7 Å². The topological polar surface area (TPSA) is 64.6 Å². The summed E-state index contributed by atoms with van der Waals surface area (Å²) in [6, 6.07) is 0. The Morgan fingerprint density at radius 2 is 1.03 bits per heavy atom. The van der Waals surface area contributed by atoms with Gasteiger partial charge in [-0.15, -0.1) is 0 Å². The Balaban J connectivity index is 1.87. The molecule has 0 bridgehead atoms. The summed E-state index contributed by atoms with van der Waals surface area (Å²) in [6.07, 6.45) is 13.6. The fourth-order valence-electron chi connectivity index (χ4n) is 5.11. The van der Waals surface area contributed by atoms with Crippen LogP contribution in [-0.2, 0) is 33.2 Å². The molecule has 35 heavy (non-hydrogen) atoms. The molecule has 4 atom stereocenters. The van der Waals surface area contributed by atoms with Crippen LogP contribution in [0.4, 0.5) is 0 Å². The second-order valence-electron chi connectivity index (χ2n) is 10.6. The molecule has 0 N–H and O–H groups in total. The summed E-state index contributed by atoms with van der Waals surface area (Å²) in [6.45, 7) is 9.34. The summed E-state index contributed by atoms with van der Waals surface area (Å²) in [5.74, 6) is 0. The predicted molar refractivity (Wildman–Crippen MR) is 138 cm³/mol. The predicted octanol–water partition coefficient (Wildman–Crippen LogP) is 5.33. The highest BCUT2D eigenvalue weighted by atomic mass is 16.6. The van der Waals surface area contributed by atoms with Crippen molar-refractivity contribution < 1.29 is 33.2 Å². The zero-order valence-corrected chi connectivity index (χ0v) is 23.2. The molecule has 2 saturated heterocycles. The van der Waals surface area contributed by atoms with Crippen LogP contribution in [-0.4, -0.2) is 90.5 Å². The van der Waals surface area contributed by atoms with Crippen LogP contribution < -0.4 is 0 Å². The molecule has 7 nitrogen and oxygen atoms in total. The van der Waals surface area contributed by atoms with Crippen LogP contribution in [0.5, 0.6) is 0 Å². The molecule has 0 saturated carbocycles. The second kappa shape index (κ2) is 18.1. The third-order valence-corrected chi connectivity index (χ3v) is 7.13. The van der Waals surface area contributed by atoms with Crippen LogP contribution in [0.2, 0.25) is 0 Å². The van der Waals surface area contributed by atoms with Gasteiger partial charge in [0.2, 0.25) is 0 Å². The summed E-state index contributed by atoms with van der Waals surface area (Å²) in [4.78, 5) is 0. The van der Waals surface area contributed by atoms with Crippen molar-refractivity contribution in [2.75, 3.05) is 67.1 Å². The van der Waals surface area contributed by atoms with Crippen molar-refractivity contribution in [1.82, 2.24) is 0 Å². The van der Waals surface area contributed by atoms with Gasteiger partial charge in [0.15, 0.2) is 0 Å². The van der Waals surface area contributed by atoms with E-state index >= 15 is 0 Å². The van der Waals surface area contributed by atoms with E-state index in [0.29, 0.717) is 39.6 Å². The van der Waals surface area contributed by atoms with Gasteiger partial charge in [-0.1, -0.05) is 52.4 Å². The van der Waals surface area contributed by atoms with Crippen molar-refractivity contribution in [1.29, 1.82) is 0 Å². The third-order valence-electron chi connectivity index (χ3n) is 7.13. The maximum Gasteiger partial charge on any atom is 0.115 e. The molecule has 0 aliphatic carbocycles. The molecule has 0 radical (unpaired) electrons. The molecule has 7 heteroatoms. The fourth-order valence-corrected chi connectivity index (χ4v) is 5.11. The lowest BCUT2D eigenvalue weighted by Crippen LogP contribution is -2.45. The van der Waals surface area contributed by atoms with Gasteiger partial charge >= 0.3 is 0 Å². The second-order valence-corrected chi connectivity index (χ2v) is 10.6. The smallest absolute Gasteiger partial charge is 0.115 e. The molecule has 0 aromatic heterocycles. The van der Waals surface area contributed by atoms with E-state index < -0.39 is 11.2 Å². The Kier molecular flexibility index (Phi) is 16.0. The van der Waals surface area contributed by atoms with E-state index in [1.807, 2.05) is 0 Å². The highest BCUT2D eigenvalue weighted by Crippen LogP contribution is 2.35. The molecule has 0 aromatic carbocycles. The molecule has 2 aliphatic heterocycles. The Hall–Kier alpha value is -0.280. The highest BCUT2D eigenvalue weighted by molar-refractivity contribution is 4.92. The lowest BCUT2D eigenvalue weighted by Gasteiger charge is -2.33. The molecule has 4 unspecified atom stereocenters. The molecular formula is C28H54O7. The first-order valence-electron chi connectivity index (χ1n) is 14.2. The molecule has 2 fully saturated rings. The quantitative estimate of drug-likeness (QED) is 0.186. The maximum absolute atomic E-state index is 6.44. The number of rotatable bonds is 22. The summed E-state index contributed by atoms with van der Waals surface area (Å²) < 4.78 is 42.1. The highest BCUT2D eigenvalue weighted by Gasteiger charge is 2.44. The minimum atomic E-state index is -0.416. The van der Waals surface area contributed by atoms with Gasteiger partial charge in [0.05, 0.1) is 51.8 Å². The van der Waals surface area contributed by atoms with Crippen molar-refractivity contribution in [3.05, 3.63) is 0 Å². The lowest BCUT2D eigenvalue weighted by atomic mass is 10.00. The van der Waals surface area contributed by atoms with Crippen LogP contribution >= 0.6 is 0 Å². The van der Waals surface area contributed by atoms with Crippen LogP contribution in [0, 0.1) is 0 Å². The lowest BCUT2D eigenvalue weighted by molar-refractivity contribution is -0.171. The molecule has 0 aromatic rings. The van der Waals surface area contributed by atoms with Gasteiger partial charge in [-0.25, -0.2) is 0 Å². The number of hydrogen-bond donors (Lipinski definition) is 0. The number of methoxy groups -OCH3 is 2. The Morgan fingerprint density at radius 1 is 0.600 bits per heavy atom. The van der Waals surface area contributed by atoms with Gasteiger partial charge in [0.1, 0.15) is 11.2 Å². The summed E-state index contributed by atoms with van der Waals surface area (Å²) >= 11 is 0. The zero-order chi connectivity index (χ0) is 25.2. The van der Waals surface area contributed by atoms with Gasteiger partial charge in [-0.3, -0.25) is 0 Å². The SMILES string of the molecule is CCCCCCOCC1(COCC2(COCCCCCC)CCC(COC)O2)CCC(COC)O1. The van der Waals surface area contributed by atoms with Crippen LogP contribution in [0.15, 0.2) is 0 Å². The van der Waals surface area contributed by atoms with Gasteiger partial charge in [0.25, 0.3) is 0 Å². The minimum Gasteiger partial charge on any atom is -0.382 e. The van der Waals surface area contributed by atoms with Gasteiger partial charge in [-0.05, 0) is 38.5 Å². The van der Waals surface area contributed by atoms with Crippen LogP contribution in [0.25, 0.3) is 0 Å². The molecule has 2 rings (SSSR count). The fraction of sp³-hybridized carbons (Fsp3) is 1.00. The van der Waals surface area contributed by atoms with Crippen LogP contribution in [0.3, 0.4) is 0 Å². The molecule has 0 amide bonds. The average molecular weight is 503 g/mol. The Labute approximate surface area is 214 Å².